The lowest BCUT2D eigenvalue weighted by Crippen LogP contribution is -2.34. The molecule has 0 aliphatic heterocycles. The highest BCUT2D eigenvalue weighted by molar-refractivity contribution is 5.33. The monoisotopic (exact) mass is 427 g/mol. The van der Waals surface area contributed by atoms with E-state index in [-0.39, 0.29) is 17.8 Å². The van der Waals surface area contributed by atoms with Crippen molar-refractivity contribution in [3.05, 3.63) is 143 Å². The van der Waals surface area contributed by atoms with Crippen LogP contribution in [0.1, 0.15) is 34.2 Å². The summed E-state index contributed by atoms with van der Waals surface area (Å²) in [4.78, 5) is 2.33. The Bertz CT molecular complexity index is 1030. The van der Waals surface area contributed by atoms with Crippen LogP contribution in [-0.2, 0) is 6.54 Å². The van der Waals surface area contributed by atoms with Crippen molar-refractivity contribution in [1.82, 2.24) is 4.90 Å². The van der Waals surface area contributed by atoms with Gasteiger partial charge in [0.05, 0.1) is 12.7 Å². The van der Waals surface area contributed by atoms with Crippen molar-refractivity contribution in [2.24, 2.45) is 0 Å². The van der Waals surface area contributed by atoms with E-state index in [1.54, 1.807) is 12.1 Å². The lowest BCUT2D eigenvalue weighted by atomic mass is 9.93. The van der Waals surface area contributed by atoms with Gasteiger partial charge in [-0.3, -0.25) is 9.29 Å². The van der Waals surface area contributed by atoms with Crippen LogP contribution in [0.5, 0.6) is 0 Å². The second kappa shape index (κ2) is 10.8. The third kappa shape index (κ3) is 5.49. The van der Waals surface area contributed by atoms with E-state index in [1.807, 2.05) is 54.6 Å². The van der Waals surface area contributed by atoms with Gasteiger partial charge >= 0.3 is 0 Å². The molecule has 4 rings (SSSR count). The third-order valence-electron chi connectivity index (χ3n) is 5.81. The minimum absolute atomic E-state index is 0.0351. The lowest BCUT2D eigenvalue weighted by molar-refractivity contribution is 0.191. The molecular formula is C29H27F2N. The Morgan fingerprint density at radius 1 is 0.594 bits per heavy atom. The Hall–Kier alpha value is -3.30. The summed E-state index contributed by atoms with van der Waals surface area (Å²) < 4.78 is 27.8. The first kappa shape index (κ1) is 21.9. The van der Waals surface area contributed by atoms with Gasteiger partial charge in [-0.2, -0.15) is 0 Å². The first-order valence-corrected chi connectivity index (χ1v) is 10.9. The molecule has 0 saturated heterocycles. The van der Waals surface area contributed by atoms with E-state index >= 15 is 0 Å². The number of nitrogens with zero attached hydrogens (tertiary/aromatic N) is 1. The molecule has 1 nitrogen and oxygen atoms in total. The van der Waals surface area contributed by atoms with Crippen molar-refractivity contribution in [3.63, 3.8) is 0 Å². The van der Waals surface area contributed by atoms with E-state index in [2.05, 4.69) is 41.3 Å². The Labute approximate surface area is 189 Å². The van der Waals surface area contributed by atoms with Gasteiger partial charge in [0.2, 0.25) is 0 Å². The summed E-state index contributed by atoms with van der Waals surface area (Å²) in [5, 5.41) is 0. The van der Waals surface area contributed by atoms with Gasteiger partial charge in [0, 0.05) is 19.0 Å². The fourth-order valence-corrected chi connectivity index (χ4v) is 4.23. The summed E-state index contributed by atoms with van der Waals surface area (Å²) in [6.07, 6.45) is 0. The predicted molar refractivity (Wildman–Crippen MR) is 127 cm³/mol. The molecule has 0 fully saturated rings. The fourth-order valence-electron chi connectivity index (χ4n) is 4.23. The van der Waals surface area contributed by atoms with Crippen LogP contribution in [-0.4, -0.2) is 18.1 Å². The number of halogens is 2. The quantitative estimate of drug-likeness (QED) is 0.274. The fraction of sp³-hybridized carbons (Fsp3) is 0.172. The standard InChI is InChI=1S/C29H27F2N/c30-20-27(24-16-18-28(31)19-17-24)22-32(21-23-10-4-1-5-11-23)29(25-12-6-2-7-13-25)26-14-8-3-9-15-26/h1-19,27,29H,20-22H2/t27-/m1/s1. The summed E-state index contributed by atoms with van der Waals surface area (Å²) in [7, 11) is 0. The number of rotatable bonds is 9. The van der Waals surface area contributed by atoms with Crippen molar-refractivity contribution in [3.8, 4) is 0 Å². The lowest BCUT2D eigenvalue weighted by Gasteiger charge is -2.35. The summed E-state index contributed by atoms with van der Waals surface area (Å²) >= 11 is 0. The van der Waals surface area contributed by atoms with Gasteiger partial charge in [-0.25, -0.2) is 4.39 Å². The Morgan fingerprint density at radius 2 is 1.09 bits per heavy atom. The molecule has 0 saturated carbocycles. The van der Waals surface area contributed by atoms with Crippen molar-refractivity contribution < 1.29 is 8.78 Å². The zero-order valence-electron chi connectivity index (χ0n) is 17.9. The first-order valence-electron chi connectivity index (χ1n) is 10.9. The van der Waals surface area contributed by atoms with Crippen LogP contribution in [0.25, 0.3) is 0 Å². The summed E-state index contributed by atoms with van der Waals surface area (Å²) in [6, 6.07) is 37.1. The van der Waals surface area contributed by atoms with Crippen LogP contribution in [0.2, 0.25) is 0 Å². The maximum absolute atomic E-state index is 14.3. The first-order chi connectivity index (χ1) is 15.7. The van der Waals surface area contributed by atoms with Gasteiger partial charge < -0.3 is 0 Å². The Balaban J connectivity index is 1.74. The zero-order chi connectivity index (χ0) is 22.2. The van der Waals surface area contributed by atoms with Crippen molar-refractivity contribution >= 4 is 0 Å². The Kier molecular flexibility index (Phi) is 7.42. The molecule has 0 aliphatic carbocycles. The molecule has 0 radical (unpaired) electrons. The smallest absolute Gasteiger partial charge is 0.123 e. The largest absolute Gasteiger partial charge is 0.287 e. The molecule has 0 aliphatic rings. The van der Waals surface area contributed by atoms with Crippen molar-refractivity contribution in [2.45, 2.75) is 18.5 Å². The minimum atomic E-state index is -0.507. The van der Waals surface area contributed by atoms with Gasteiger partial charge in [-0.15, -0.1) is 0 Å². The van der Waals surface area contributed by atoms with Crippen LogP contribution in [0.4, 0.5) is 8.78 Å². The summed E-state index contributed by atoms with van der Waals surface area (Å²) in [6.45, 7) is 0.672. The zero-order valence-corrected chi connectivity index (χ0v) is 17.9. The average molecular weight is 428 g/mol. The molecule has 4 aromatic carbocycles. The normalized spacial score (nSPS) is 12.2. The molecule has 0 N–H and O–H groups in total. The molecule has 0 spiro atoms. The second-order valence-electron chi connectivity index (χ2n) is 8.04. The number of benzene rings is 4. The van der Waals surface area contributed by atoms with E-state index in [1.165, 1.54) is 17.7 Å². The molecular weight excluding hydrogens is 400 g/mol. The van der Waals surface area contributed by atoms with Crippen LogP contribution >= 0.6 is 0 Å². The van der Waals surface area contributed by atoms with Crippen molar-refractivity contribution in [1.29, 1.82) is 0 Å². The van der Waals surface area contributed by atoms with Gasteiger partial charge in [0.25, 0.3) is 0 Å². The molecule has 0 heterocycles. The number of hydrogen-bond donors (Lipinski definition) is 0. The average Bonchev–Trinajstić information content (AvgIpc) is 2.85. The topological polar surface area (TPSA) is 3.24 Å². The van der Waals surface area contributed by atoms with Gasteiger partial charge in [-0.1, -0.05) is 103 Å². The maximum atomic E-state index is 14.3. The molecule has 0 aromatic heterocycles. The predicted octanol–water partition coefficient (Wildman–Crippen LogP) is 7.17. The van der Waals surface area contributed by atoms with Gasteiger partial charge in [0.15, 0.2) is 0 Å². The van der Waals surface area contributed by atoms with E-state index in [0.717, 1.165) is 16.7 Å². The molecule has 0 amide bonds. The highest BCUT2D eigenvalue weighted by atomic mass is 19.1. The SMILES string of the molecule is FC[C@H](CN(Cc1ccccc1)C(c1ccccc1)c1ccccc1)c1ccc(F)cc1. The molecule has 32 heavy (non-hydrogen) atoms. The van der Waals surface area contributed by atoms with Crippen LogP contribution in [0.3, 0.4) is 0 Å². The molecule has 0 bridgehead atoms. The summed E-state index contributed by atoms with van der Waals surface area (Å²) in [5.41, 5.74) is 4.30. The van der Waals surface area contributed by atoms with Crippen LogP contribution in [0.15, 0.2) is 115 Å². The van der Waals surface area contributed by atoms with E-state index < -0.39 is 6.67 Å². The van der Waals surface area contributed by atoms with Crippen LogP contribution < -0.4 is 0 Å². The molecule has 0 unspecified atom stereocenters. The van der Waals surface area contributed by atoms with E-state index in [9.17, 15) is 8.78 Å². The highest BCUT2D eigenvalue weighted by Crippen LogP contribution is 2.32. The Morgan fingerprint density at radius 3 is 1.59 bits per heavy atom. The molecule has 3 heteroatoms. The molecule has 162 valence electrons. The molecule has 4 aromatic rings. The van der Waals surface area contributed by atoms with Crippen molar-refractivity contribution in [2.75, 3.05) is 13.2 Å². The highest BCUT2D eigenvalue weighted by Gasteiger charge is 2.26. The van der Waals surface area contributed by atoms with E-state index in [0.29, 0.717) is 13.1 Å². The van der Waals surface area contributed by atoms with Gasteiger partial charge in [0.1, 0.15) is 5.82 Å². The number of hydrogen-bond acceptors (Lipinski definition) is 1. The second-order valence-corrected chi connectivity index (χ2v) is 8.04. The number of alkyl halides is 1. The minimum Gasteiger partial charge on any atom is -0.287 e. The third-order valence-corrected chi connectivity index (χ3v) is 5.81. The maximum Gasteiger partial charge on any atom is 0.123 e. The molecule has 1 atom stereocenters. The van der Waals surface area contributed by atoms with E-state index in [4.69, 9.17) is 0 Å². The van der Waals surface area contributed by atoms with Gasteiger partial charge in [-0.05, 0) is 34.4 Å². The van der Waals surface area contributed by atoms with Crippen LogP contribution in [0, 0.1) is 5.82 Å². The summed E-state index contributed by atoms with van der Waals surface area (Å²) in [5.74, 6) is -0.659.